The summed E-state index contributed by atoms with van der Waals surface area (Å²) in [4.78, 5) is 6.88. The topological polar surface area (TPSA) is 62.0 Å². The lowest BCUT2D eigenvalue weighted by Gasteiger charge is -2.35. The molecule has 0 saturated carbocycles. The molecule has 0 aromatic carbocycles. The number of guanidine groups is 1. The molecule has 1 atom stereocenters. The second-order valence-electron chi connectivity index (χ2n) is 6.96. The molecule has 0 aliphatic carbocycles. The average Bonchev–Trinajstić information content (AvgIpc) is 3.14. The normalized spacial score (nSPS) is 18.6. The highest BCUT2D eigenvalue weighted by Gasteiger charge is 2.21. The van der Waals surface area contributed by atoms with E-state index in [9.17, 15) is 0 Å². The molecule has 1 aromatic heterocycles. The lowest BCUT2D eigenvalue weighted by Crippen LogP contribution is -2.46. The van der Waals surface area contributed by atoms with Crippen LogP contribution >= 0.6 is 24.0 Å². The van der Waals surface area contributed by atoms with Crippen LogP contribution in [0.25, 0.3) is 0 Å². The SMILES string of the molecule is CN=C(NCCCOCc1ccco1)NCC1CCCN(C(C)C)C1.I. The Labute approximate surface area is 175 Å². The molecule has 1 unspecified atom stereocenters. The number of hydrogen-bond donors (Lipinski definition) is 2. The van der Waals surface area contributed by atoms with E-state index in [1.807, 2.05) is 19.2 Å². The monoisotopic (exact) mass is 478 g/mol. The van der Waals surface area contributed by atoms with Gasteiger partial charge in [-0.25, -0.2) is 0 Å². The molecule has 1 saturated heterocycles. The van der Waals surface area contributed by atoms with Gasteiger partial charge in [0.25, 0.3) is 0 Å². The van der Waals surface area contributed by atoms with Crippen LogP contribution in [0.15, 0.2) is 27.8 Å². The fraction of sp³-hybridized carbons (Fsp3) is 0.737. The van der Waals surface area contributed by atoms with Crippen molar-refractivity contribution in [2.45, 2.75) is 45.8 Å². The molecule has 0 radical (unpaired) electrons. The van der Waals surface area contributed by atoms with Crippen molar-refractivity contribution in [2.75, 3.05) is 39.8 Å². The fourth-order valence-corrected chi connectivity index (χ4v) is 3.14. The van der Waals surface area contributed by atoms with Gasteiger partial charge >= 0.3 is 0 Å². The summed E-state index contributed by atoms with van der Waals surface area (Å²) in [5, 5.41) is 6.83. The predicted octanol–water partition coefficient (Wildman–Crippen LogP) is 3.09. The number of nitrogens with zero attached hydrogens (tertiary/aromatic N) is 2. The van der Waals surface area contributed by atoms with E-state index in [4.69, 9.17) is 9.15 Å². The zero-order valence-corrected chi connectivity index (χ0v) is 18.7. The van der Waals surface area contributed by atoms with E-state index in [1.54, 1.807) is 6.26 Å². The maximum atomic E-state index is 5.58. The number of likely N-dealkylation sites (tertiary alicyclic amines) is 1. The van der Waals surface area contributed by atoms with Crippen LogP contribution in [0.4, 0.5) is 0 Å². The quantitative estimate of drug-likeness (QED) is 0.247. The van der Waals surface area contributed by atoms with Crippen LogP contribution in [0.1, 0.15) is 38.9 Å². The van der Waals surface area contributed by atoms with Crippen LogP contribution in [-0.2, 0) is 11.3 Å². The Balaban J connectivity index is 0.00000338. The van der Waals surface area contributed by atoms with Crippen molar-refractivity contribution in [1.82, 2.24) is 15.5 Å². The van der Waals surface area contributed by atoms with E-state index in [0.29, 0.717) is 25.2 Å². The third-order valence-electron chi connectivity index (χ3n) is 4.64. The Kier molecular flexibility index (Phi) is 12.0. The zero-order valence-electron chi connectivity index (χ0n) is 16.4. The molecule has 1 aliphatic rings. The van der Waals surface area contributed by atoms with Gasteiger partial charge in [0.05, 0.1) is 6.26 Å². The second-order valence-corrected chi connectivity index (χ2v) is 6.96. The summed E-state index contributed by atoms with van der Waals surface area (Å²) in [6, 6.07) is 4.44. The Morgan fingerprint density at radius 2 is 2.27 bits per heavy atom. The van der Waals surface area contributed by atoms with Gasteiger partial charge in [-0.2, -0.15) is 0 Å². The maximum Gasteiger partial charge on any atom is 0.190 e. The van der Waals surface area contributed by atoms with Gasteiger partial charge in [0.15, 0.2) is 5.96 Å². The van der Waals surface area contributed by atoms with Crippen LogP contribution in [0.2, 0.25) is 0 Å². The summed E-state index contributed by atoms with van der Waals surface area (Å²) < 4.78 is 10.8. The molecule has 2 N–H and O–H groups in total. The highest BCUT2D eigenvalue weighted by atomic mass is 127. The van der Waals surface area contributed by atoms with Gasteiger partial charge in [-0.1, -0.05) is 0 Å². The van der Waals surface area contributed by atoms with Gasteiger partial charge in [0, 0.05) is 39.3 Å². The van der Waals surface area contributed by atoms with E-state index < -0.39 is 0 Å². The molecular weight excluding hydrogens is 443 g/mol. The summed E-state index contributed by atoms with van der Waals surface area (Å²) in [5.41, 5.74) is 0. The first kappa shape index (κ1) is 23.2. The zero-order chi connectivity index (χ0) is 17.9. The number of nitrogens with one attached hydrogen (secondary N) is 2. The minimum Gasteiger partial charge on any atom is -0.467 e. The summed E-state index contributed by atoms with van der Waals surface area (Å²) in [6.45, 7) is 10.1. The first-order valence-corrected chi connectivity index (χ1v) is 9.47. The lowest BCUT2D eigenvalue weighted by molar-refractivity contribution is 0.105. The van der Waals surface area contributed by atoms with Gasteiger partial charge in [0.1, 0.15) is 12.4 Å². The predicted molar refractivity (Wildman–Crippen MR) is 117 cm³/mol. The number of hydrogen-bond acceptors (Lipinski definition) is 4. The largest absolute Gasteiger partial charge is 0.467 e. The summed E-state index contributed by atoms with van der Waals surface area (Å²) in [7, 11) is 1.82. The molecule has 0 amide bonds. The van der Waals surface area contributed by atoms with E-state index in [0.717, 1.165) is 31.2 Å². The first-order chi connectivity index (χ1) is 12.2. The van der Waals surface area contributed by atoms with Crippen molar-refractivity contribution < 1.29 is 9.15 Å². The molecule has 6 nitrogen and oxygen atoms in total. The molecule has 1 aliphatic heterocycles. The number of aliphatic imine (C=N–C) groups is 1. The van der Waals surface area contributed by atoms with Crippen LogP contribution < -0.4 is 10.6 Å². The van der Waals surface area contributed by atoms with Crippen molar-refractivity contribution in [3.63, 3.8) is 0 Å². The third-order valence-corrected chi connectivity index (χ3v) is 4.64. The number of halogens is 1. The number of piperidine rings is 1. The van der Waals surface area contributed by atoms with E-state index in [-0.39, 0.29) is 24.0 Å². The Hall–Kier alpha value is -0.800. The van der Waals surface area contributed by atoms with Gasteiger partial charge in [-0.05, 0) is 57.7 Å². The van der Waals surface area contributed by atoms with Gasteiger partial charge in [0.2, 0.25) is 0 Å². The molecule has 1 fully saturated rings. The van der Waals surface area contributed by atoms with Crippen LogP contribution in [-0.4, -0.2) is 56.7 Å². The molecule has 2 heterocycles. The lowest BCUT2D eigenvalue weighted by atomic mass is 9.97. The standard InChI is InChI=1S/C19H34N4O2.HI/c1-16(2)23-10-4-7-17(14-23)13-22-19(20-3)21-9-6-11-24-15-18-8-5-12-25-18;/h5,8,12,16-17H,4,6-7,9-11,13-15H2,1-3H3,(H2,20,21,22);1H. The summed E-state index contributed by atoms with van der Waals surface area (Å²) in [6.07, 6.45) is 5.20. The van der Waals surface area contributed by atoms with Crippen LogP contribution in [0.5, 0.6) is 0 Å². The van der Waals surface area contributed by atoms with E-state index in [1.165, 1.54) is 25.9 Å². The highest BCUT2D eigenvalue weighted by molar-refractivity contribution is 14.0. The van der Waals surface area contributed by atoms with Crippen LogP contribution in [0, 0.1) is 5.92 Å². The van der Waals surface area contributed by atoms with Crippen molar-refractivity contribution in [3.8, 4) is 0 Å². The summed E-state index contributed by atoms with van der Waals surface area (Å²) >= 11 is 0. The highest BCUT2D eigenvalue weighted by Crippen LogP contribution is 2.17. The summed E-state index contributed by atoms with van der Waals surface area (Å²) in [5.74, 6) is 2.45. The molecule has 7 heteroatoms. The molecule has 1 aromatic rings. The molecule has 0 bridgehead atoms. The number of rotatable bonds is 9. The molecule has 26 heavy (non-hydrogen) atoms. The Bertz CT molecular complexity index is 494. The van der Waals surface area contributed by atoms with Gasteiger partial charge in [-0.3, -0.25) is 4.99 Å². The fourth-order valence-electron chi connectivity index (χ4n) is 3.14. The Morgan fingerprint density at radius 1 is 1.42 bits per heavy atom. The minimum absolute atomic E-state index is 0. The number of furan rings is 1. The average molecular weight is 478 g/mol. The van der Waals surface area contributed by atoms with Crippen molar-refractivity contribution >= 4 is 29.9 Å². The molecular formula is C19H35IN4O2. The van der Waals surface area contributed by atoms with Gasteiger partial charge < -0.3 is 24.7 Å². The maximum absolute atomic E-state index is 5.58. The minimum atomic E-state index is 0. The molecule has 2 rings (SSSR count). The van der Waals surface area contributed by atoms with Crippen molar-refractivity contribution in [3.05, 3.63) is 24.2 Å². The smallest absolute Gasteiger partial charge is 0.190 e. The second kappa shape index (κ2) is 13.4. The Morgan fingerprint density at radius 3 is 2.96 bits per heavy atom. The van der Waals surface area contributed by atoms with Crippen molar-refractivity contribution in [1.29, 1.82) is 0 Å². The van der Waals surface area contributed by atoms with E-state index in [2.05, 4.69) is 34.4 Å². The van der Waals surface area contributed by atoms with Gasteiger partial charge in [-0.15, -0.1) is 24.0 Å². The molecule has 150 valence electrons. The molecule has 0 spiro atoms. The van der Waals surface area contributed by atoms with Crippen LogP contribution in [0.3, 0.4) is 0 Å². The first-order valence-electron chi connectivity index (χ1n) is 9.47. The third kappa shape index (κ3) is 8.73. The number of ether oxygens (including phenoxy) is 1. The van der Waals surface area contributed by atoms with E-state index >= 15 is 0 Å². The van der Waals surface area contributed by atoms with Crippen molar-refractivity contribution in [2.24, 2.45) is 10.9 Å².